The molecule has 4 aliphatic carbocycles. The highest BCUT2D eigenvalue weighted by Crippen LogP contribution is 2.70. The first-order valence-corrected chi connectivity index (χ1v) is 23.1. The third-order valence-corrected chi connectivity index (χ3v) is 17.2. The van der Waals surface area contributed by atoms with E-state index in [1.54, 1.807) is 0 Å². The number of hydrogen-bond acceptors (Lipinski definition) is 15. The fourth-order valence-corrected chi connectivity index (χ4v) is 13.9. The predicted molar refractivity (Wildman–Crippen MR) is 218 cm³/mol. The summed E-state index contributed by atoms with van der Waals surface area (Å²) < 4.78 is 57.1. The molecule has 1 spiro atoms. The maximum atomic E-state index is 14.6. The Labute approximate surface area is 367 Å². The van der Waals surface area contributed by atoms with Crippen LogP contribution in [0.1, 0.15) is 85.5 Å². The highest BCUT2D eigenvalue weighted by atomic mass is 19.1. The van der Waals surface area contributed by atoms with Crippen molar-refractivity contribution in [2.45, 2.75) is 165 Å². The van der Waals surface area contributed by atoms with Gasteiger partial charge in [-0.1, -0.05) is 39.8 Å². The Morgan fingerprint density at radius 2 is 1.60 bits per heavy atom. The molecule has 0 radical (unpaired) electrons. The molecule has 4 saturated carbocycles. The second kappa shape index (κ2) is 17.4. The van der Waals surface area contributed by atoms with Crippen LogP contribution in [0.5, 0.6) is 0 Å². The number of hydrogen-bond donors (Lipinski definition) is 7. The molecule has 17 heteroatoms. The second-order valence-corrected chi connectivity index (χ2v) is 20.7. The molecule has 1 amide bonds. The van der Waals surface area contributed by atoms with Crippen LogP contribution >= 0.6 is 0 Å². The fourth-order valence-electron chi connectivity index (χ4n) is 13.9. The van der Waals surface area contributed by atoms with Gasteiger partial charge in [0.05, 0.1) is 31.1 Å². The third-order valence-electron chi connectivity index (χ3n) is 17.2. The number of ketones is 1. The number of anilines is 1. The van der Waals surface area contributed by atoms with Gasteiger partial charge >= 0.3 is 6.09 Å². The molecule has 7 N–H and O–H groups in total. The molecule has 4 heterocycles. The Kier molecular flexibility index (Phi) is 12.6. The van der Waals surface area contributed by atoms with Gasteiger partial charge in [-0.3, -0.25) is 10.1 Å². The van der Waals surface area contributed by atoms with Crippen LogP contribution in [0, 0.1) is 58.1 Å². The number of carbonyl (C=O) groups is 2. The van der Waals surface area contributed by atoms with E-state index in [1.165, 1.54) is 18.2 Å². The van der Waals surface area contributed by atoms with Gasteiger partial charge in [-0.05, 0) is 97.5 Å². The SMILES string of the molecule is C[C@@H]1CC[C@@]2(OC1)O[C@H]1C[C@H]3[C@@H]4CC[C@H]5C[C@@H](O[C@@H]6O[C@@H](COC(=O)Nc7ccccc7F)C(O[C@@H]7O[C@@H](CO)C(O)[C@H](O)C7O)[C@H](O)C6O)CC[C@]5(C)[C@H]4C(=O)C[C@]3(C)[C@H]1[C@@H]2C. The topological polar surface area (TPSA) is 232 Å². The normalized spacial score (nSPS) is 50.6. The molecular formula is C46H66FNO15. The summed E-state index contributed by atoms with van der Waals surface area (Å²) in [5.74, 6) is 0.791. The van der Waals surface area contributed by atoms with Crippen molar-refractivity contribution in [3.05, 3.63) is 30.1 Å². The van der Waals surface area contributed by atoms with Gasteiger partial charge in [0.2, 0.25) is 0 Å². The summed E-state index contributed by atoms with van der Waals surface area (Å²) in [6.07, 6.45) is -10.5. The van der Waals surface area contributed by atoms with Crippen LogP contribution in [0.3, 0.4) is 0 Å². The van der Waals surface area contributed by atoms with Gasteiger partial charge in [-0.2, -0.15) is 0 Å². The molecule has 9 rings (SSSR count). The van der Waals surface area contributed by atoms with Crippen molar-refractivity contribution < 1.29 is 77.8 Å². The number of aliphatic hydroxyl groups is 6. The van der Waals surface area contributed by atoms with Crippen molar-refractivity contribution >= 4 is 17.6 Å². The van der Waals surface area contributed by atoms with Crippen LogP contribution in [0.2, 0.25) is 0 Å². The first-order chi connectivity index (χ1) is 30.0. The van der Waals surface area contributed by atoms with E-state index >= 15 is 0 Å². The lowest BCUT2D eigenvalue weighted by Gasteiger charge is -2.60. The fraction of sp³-hybridized carbons (Fsp3) is 0.826. The summed E-state index contributed by atoms with van der Waals surface area (Å²) in [5, 5.41) is 66.5. The number of amides is 1. The van der Waals surface area contributed by atoms with E-state index in [-0.39, 0.29) is 52.2 Å². The van der Waals surface area contributed by atoms with Crippen LogP contribution in [-0.2, 0) is 38.0 Å². The van der Waals surface area contributed by atoms with E-state index in [0.717, 1.165) is 38.2 Å². The van der Waals surface area contributed by atoms with Crippen molar-refractivity contribution in [2.75, 3.05) is 25.1 Å². The number of aliphatic hydroxyl groups excluding tert-OH is 6. The van der Waals surface area contributed by atoms with E-state index < -0.39 is 98.4 Å². The van der Waals surface area contributed by atoms with Gasteiger partial charge < -0.3 is 63.8 Å². The summed E-state index contributed by atoms with van der Waals surface area (Å²) in [6.45, 7) is 8.47. The smallest absolute Gasteiger partial charge is 0.411 e. The number of halogens is 1. The van der Waals surface area contributed by atoms with Crippen LogP contribution in [0.25, 0.3) is 0 Å². The molecule has 0 aromatic heterocycles. The minimum Gasteiger partial charge on any atom is -0.446 e. The van der Waals surface area contributed by atoms with Gasteiger partial charge in [-0.15, -0.1) is 0 Å². The van der Waals surface area contributed by atoms with Gasteiger partial charge in [0.25, 0.3) is 0 Å². The Bertz CT molecular complexity index is 1830. The first kappa shape index (κ1) is 45.8. The highest BCUT2D eigenvalue weighted by molar-refractivity contribution is 5.85. The molecule has 4 aliphatic heterocycles. The van der Waals surface area contributed by atoms with Crippen molar-refractivity contribution in [1.29, 1.82) is 0 Å². The number of rotatable bonds is 8. The Balaban J connectivity index is 0.873. The van der Waals surface area contributed by atoms with E-state index in [1.807, 2.05) is 0 Å². The summed E-state index contributed by atoms with van der Waals surface area (Å²) in [4.78, 5) is 27.5. The third kappa shape index (κ3) is 7.86. The van der Waals surface area contributed by atoms with Gasteiger partial charge in [-0.25, -0.2) is 9.18 Å². The molecule has 16 nitrogen and oxygen atoms in total. The monoisotopic (exact) mass is 891 g/mol. The molecule has 63 heavy (non-hydrogen) atoms. The van der Waals surface area contributed by atoms with Gasteiger partial charge in [0, 0.05) is 24.7 Å². The lowest BCUT2D eigenvalue weighted by Crippen LogP contribution is -2.65. The van der Waals surface area contributed by atoms with Crippen molar-refractivity contribution in [3.63, 3.8) is 0 Å². The number of benzene rings is 1. The summed E-state index contributed by atoms with van der Waals surface area (Å²) in [7, 11) is 0. The Hall–Kier alpha value is -2.39. The average molecular weight is 892 g/mol. The van der Waals surface area contributed by atoms with E-state index in [2.05, 4.69) is 33.0 Å². The minimum atomic E-state index is -1.85. The van der Waals surface area contributed by atoms with Crippen molar-refractivity contribution in [2.24, 2.45) is 52.3 Å². The largest absolute Gasteiger partial charge is 0.446 e. The molecular weight excluding hydrogens is 825 g/mol. The standard InChI is InChI=1S/C46H66FNO15/c1-21-11-14-46(58-19-21)22(2)33-30(63-46)16-26-25-10-9-23-15-24(12-13-44(23,3)34(25)29(50)17-45(26,33)4)59-41-39(55)37(53)40(62-42-38(54)36(52)35(51)31(18-49)60-42)32(61-41)20-57-43(56)48-28-8-6-5-7-27(28)47/h5-8,21-26,30-42,49,51-55H,9-20H2,1-4H3,(H,48,56)/t21-,22+,23+,24+,25+,26+,30+,31+,32+,33+,34-,35?,36+,37-,38?,39?,40?,41-,42+,44+,45+,46-/m1/s1. The van der Waals surface area contributed by atoms with Crippen LogP contribution in [0.15, 0.2) is 24.3 Å². The Morgan fingerprint density at radius 1 is 0.873 bits per heavy atom. The van der Waals surface area contributed by atoms with E-state index in [0.29, 0.717) is 49.9 Å². The van der Waals surface area contributed by atoms with Crippen LogP contribution in [0.4, 0.5) is 14.9 Å². The number of para-hydroxylation sites is 1. The molecule has 0 bridgehead atoms. The summed E-state index contributed by atoms with van der Waals surface area (Å²) in [6, 6.07) is 5.46. The van der Waals surface area contributed by atoms with Crippen LogP contribution < -0.4 is 5.32 Å². The average Bonchev–Trinajstić information content (AvgIpc) is 3.70. The summed E-state index contributed by atoms with van der Waals surface area (Å²) >= 11 is 0. The zero-order valence-electron chi connectivity index (χ0n) is 36.5. The molecule has 1 aromatic rings. The number of carbonyl (C=O) groups excluding carboxylic acids is 2. The van der Waals surface area contributed by atoms with Crippen LogP contribution in [-0.4, -0.2) is 142 Å². The lowest BCUT2D eigenvalue weighted by atomic mass is 9.44. The van der Waals surface area contributed by atoms with E-state index in [9.17, 15) is 44.6 Å². The summed E-state index contributed by atoms with van der Waals surface area (Å²) in [5.41, 5.74) is -0.556. The van der Waals surface area contributed by atoms with Crippen molar-refractivity contribution in [3.8, 4) is 0 Å². The van der Waals surface area contributed by atoms with Gasteiger partial charge in [0.1, 0.15) is 67.0 Å². The maximum absolute atomic E-state index is 14.6. The molecule has 8 fully saturated rings. The lowest BCUT2D eigenvalue weighted by molar-refractivity contribution is -0.364. The quantitative estimate of drug-likeness (QED) is 0.186. The molecule has 22 atom stereocenters. The molecule has 4 saturated heterocycles. The molecule has 352 valence electrons. The number of Topliss-reactive ketones (excluding diaryl/α,β-unsaturated/α-hetero) is 1. The van der Waals surface area contributed by atoms with Gasteiger partial charge in [0.15, 0.2) is 18.4 Å². The number of nitrogens with one attached hydrogen (secondary N) is 1. The molecule has 1 aromatic carbocycles. The Morgan fingerprint density at radius 3 is 2.33 bits per heavy atom. The minimum absolute atomic E-state index is 0.0825. The zero-order chi connectivity index (χ0) is 44.7. The molecule has 4 unspecified atom stereocenters. The zero-order valence-corrected chi connectivity index (χ0v) is 36.5. The second-order valence-electron chi connectivity index (χ2n) is 20.7. The van der Waals surface area contributed by atoms with Crippen molar-refractivity contribution in [1.82, 2.24) is 0 Å². The highest BCUT2D eigenvalue weighted by Gasteiger charge is 2.71. The number of fused-ring (bicyclic) bond motifs is 7. The predicted octanol–water partition coefficient (Wildman–Crippen LogP) is 3.02. The van der Waals surface area contributed by atoms with E-state index in [4.69, 9.17) is 33.2 Å². The number of ether oxygens (including phenoxy) is 7. The first-order valence-electron chi connectivity index (χ1n) is 23.1. The molecule has 8 aliphatic rings. The maximum Gasteiger partial charge on any atom is 0.411 e.